The lowest BCUT2D eigenvalue weighted by Crippen LogP contribution is -2.27. The molecule has 2 nitrogen and oxygen atoms in total. The van der Waals surface area contributed by atoms with Crippen LogP contribution in [0.15, 0.2) is 0 Å². The first-order valence-electron chi connectivity index (χ1n) is 4.00. The van der Waals surface area contributed by atoms with Gasteiger partial charge in [-0.15, -0.1) is 0 Å². The molecular weight excluding hydrogens is 238 g/mol. The maximum Gasteiger partial charge on any atom is 0.391 e. The molecule has 8 heteroatoms. The molecule has 0 N–H and O–H groups in total. The summed E-state index contributed by atoms with van der Waals surface area (Å²) >= 11 is 0. The number of halogens is 6. The maximum atomic E-state index is 12.0. The number of nitrogens with zero attached hydrogens (tertiary/aromatic N) is 2. The van der Waals surface area contributed by atoms with Crippen molar-refractivity contribution in [3.8, 4) is 12.1 Å². The van der Waals surface area contributed by atoms with Gasteiger partial charge in [0.1, 0.15) is 0 Å². The molecule has 90 valence electrons. The van der Waals surface area contributed by atoms with E-state index < -0.39 is 37.0 Å². The zero-order valence-corrected chi connectivity index (χ0v) is 7.78. The zero-order chi connectivity index (χ0) is 13.0. The van der Waals surface area contributed by atoms with E-state index in [-0.39, 0.29) is 0 Å². The summed E-state index contributed by atoms with van der Waals surface area (Å²) in [4.78, 5) is 0. The average Bonchev–Trinajstić information content (AvgIpc) is 2.09. The highest BCUT2D eigenvalue weighted by atomic mass is 19.4. The van der Waals surface area contributed by atoms with Gasteiger partial charge in [0.15, 0.2) is 5.41 Å². The van der Waals surface area contributed by atoms with Crippen molar-refractivity contribution in [1.29, 1.82) is 10.5 Å². The fraction of sp³-hybridized carbons (Fsp3) is 0.750. The Kier molecular flexibility index (Phi) is 4.19. The molecule has 0 aromatic carbocycles. The highest BCUT2D eigenvalue weighted by molar-refractivity contribution is 5.14. The van der Waals surface area contributed by atoms with Gasteiger partial charge in [0, 0.05) is 6.42 Å². The molecule has 0 atom stereocenters. The molecule has 0 radical (unpaired) electrons. The normalized spacial score (nSPS) is 13.0. The Morgan fingerprint density at radius 3 is 1.44 bits per heavy atom. The summed E-state index contributed by atoms with van der Waals surface area (Å²) in [6.45, 7) is 0. The third-order valence-electron chi connectivity index (χ3n) is 1.77. The first-order valence-corrected chi connectivity index (χ1v) is 4.00. The molecule has 0 aliphatic heterocycles. The van der Waals surface area contributed by atoms with Crippen LogP contribution in [0.25, 0.3) is 0 Å². The van der Waals surface area contributed by atoms with E-state index in [1.54, 1.807) is 0 Å². The van der Waals surface area contributed by atoms with Gasteiger partial charge >= 0.3 is 12.4 Å². The van der Waals surface area contributed by atoms with Gasteiger partial charge in [-0.3, -0.25) is 0 Å². The largest absolute Gasteiger partial charge is 0.391 e. The molecule has 16 heavy (non-hydrogen) atoms. The van der Waals surface area contributed by atoms with E-state index in [2.05, 4.69) is 0 Å². The molecule has 0 rings (SSSR count). The van der Waals surface area contributed by atoms with Gasteiger partial charge in [-0.05, 0) is 6.42 Å². The molecular formula is C8H6F6N2. The number of rotatable bonds is 3. The molecule has 0 aliphatic carbocycles. The van der Waals surface area contributed by atoms with Crippen LogP contribution in [0.1, 0.15) is 19.3 Å². The summed E-state index contributed by atoms with van der Waals surface area (Å²) in [6, 6.07) is 2.03. The predicted molar refractivity (Wildman–Crippen MR) is 39.6 cm³/mol. The van der Waals surface area contributed by atoms with E-state index in [9.17, 15) is 26.3 Å². The van der Waals surface area contributed by atoms with E-state index in [1.807, 2.05) is 0 Å². The van der Waals surface area contributed by atoms with Crippen molar-refractivity contribution >= 4 is 0 Å². The molecule has 0 saturated carbocycles. The fourth-order valence-corrected chi connectivity index (χ4v) is 1.00. The Hall–Kier alpha value is -1.44. The van der Waals surface area contributed by atoms with Crippen molar-refractivity contribution in [1.82, 2.24) is 0 Å². The van der Waals surface area contributed by atoms with Crippen LogP contribution in [0.2, 0.25) is 0 Å². The first-order chi connectivity index (χ1) is 7.04. The number of hydrogen-bond donors (Lipinski definition) is 0. The van der Waals surface area contributed by atoms with Crippen LogP contribution in [0.3, 0.4) is 0 Å². The molecule has 0 aromatic rings. The van der Waals surface area contributed by atoms with Gasteiger partial charge < -0.3 is 0 Å². The van der Waals surface area contributed by atoms with E-state index in [0.717, 1.165) is 12.1 Å². The van der Waals surface area contributed by atoms with Crippen LogP contribution in [-0.2, 0) is 0 Å². The molecule has 0 heterocycles. The molecule has 0 aliphatic rings. The van der Waals surface area contributed by atoms with Crippen LogP contribution < -0.4 is 0 Å². The van der Waals surface area contributed by atoms with Gasteiger partial charge in [0.05, 0.1) is 18.6 Å². The van der Waals surface area contributed by atoms with Gasteiger partial charge in [-0.2, -0.15) is 36.9 Å². The van der Waals surface area contributed by atoms with Crippen LogP contribution >= 0.6 is 0 Å². The molecule has 0 spiro atoms. The first kappa shape index (κ1) is 14.6. The highest BCUT2D eigenvalue weighted by Gasteiger charge is 2.45. The van der Waals surface area contributed by atoms with Crippen molar-refractivity contribution in [3.05, 3.63) is 0 Å². The van der Waals surface area contributed by atoms with E-state index in [0.29, 0.717) is 0 Å². The second kappa shape index (κ2) is 4.60. The van der Waals surface area contributed by atoms with Crippen molar-refractivity contribution in [2.45, 2.75) is 31.6 Å². The average molecular weight is 244 g/mol. The zero-order valence-electron chi connectivity index (χ0n) is 7.78. The van der Waals surface area contributed by atoms with Gasteiger partial charge in [0.2, 0.25) is 0 Å². The Morgan fingerprint density at radius 2 is 1.19 bits per heavy atom. The Balaban J connectivity index is 4.75. The summed E-state index contributed by atoms with van der Waals surface area (Å²) in [7, 11) is 0. The monoisotopic (exact) mass is 244 g/mol. The molecule has 0 unspecified atom stereocenters. The second-order valence-electron chi connectivity index (χ2n) is 3.21. The Morgan fingerprint density at radius 1 is 0.750 bits per heavy atom. The van der Waals surface area contributed by atoms with Gasteiger partial charge in [-0.25, -0.2) is 0 Å². The van der Waals surface area contributed by atoms with E-state index >= 15 is 0 Å². The lowest BCUT2D eigenvalue weighted by molar-refractivity contribution is -0.159. The summed E-state index contributed by atoms with van der Waals surface area (Å²) in [5.74, 6) is 0. The van der Waals surface area contributed by atoms with E-state index in [4.69, 9.17) is 10.5 Å². The van der Waals surface area contributed by atoms with Crippen molar-refractivity contribution in [3.63, 3.8) is 0 Å². The lowest BCUT2D eigenvalue weighted by Gasteiger charge is -2.20. The quantitative estimate of drug-likeness (QED) is 0.715. The Labute approximate surface area is 87.1 Å². The number of hydrogen-bond acceptors (Lipinski definition) is 2. The minimum Gasteiger partial charge on any atom is -0.197 e. The third kappa shape index (κ3) is 5.44. The summed E-state index contributed by atoms with van der Waals surface area (Å²) in [5, 5.41) is 16.8. The standard InChI is InChI=1S/C8H6F6N2/c9-7(10,11)2-1-6(4-15,5-16)3-8(12,13)14/h1-3H2. The SMILES string of the molecule is N#CC(C#N)(CCC(F)(F)F)CC(F)(F)F. The molecule has 0 aromatic heterocycles. The van der Waals surface area contributed by atoms with Crippen LogP contribution in [0.4, 0.5) is 26.3 Å². The Bertz CT molecular complexity index is 301. The fourth-order valence-electron chi connectivity index (χ4n) is 1.00. The number of nitriles is 2. The predicted octanol–water partition coefficient (Wildman–Crippen LogP) is 3.31. The van der Waals surface area contributed by atoms with Crippen LogP contribution in [-0.4, -0.2) is 12.4 Å². The van der Waals surface area contributed by atoms with E-state index in [1.165, 1.54) is 0 Å². The number of alkyl halides is 6. The highest BCUT2D eigenvalue weighted by Crippen LogP contribution is 2.38. The minimum absolute atomic E-state index is 1.01. The van der Waals surface area contributed by atoms with Crippen molar-refractivity contribution in [2.75, 3.05) is 0 Å². The van der Waals surface area contributed by atoms with Crippen LogP contribution in [0, 0.1) is 28.1 Å². The summed E-state index contributed by atoms with van der Waals surface area (Å²) < 4.78 is 71.3. The maximum absolute atomic E-state index is 12.0. The topological polar surface area (TPSA) is 47.6 Å². The van der Waals surface area contributed by atoms with Crippen LogP contribution in [0.5, 0.6) is 0 Å². The smallest absolute Gasteiger partial charge is 0.197 e. The molecule has 0 bridgehead atoms. The van der Waals surface area contributed by atoms with Gasteiger partial charge in [0.25, 0.3) is 0 Å². The molecule has 0 saturated heterocycles. The summed E-state index contributed by atoms with van der Waals surface area (Å²) in [5.41, 5.74) is -2.66. The third-order valence-corrected chi connectivity index (χ3v) is 1.77. The molecule has 0 fully saturated rings. The minimum atomic E-state index is -4.85. The summed E-state index contributed by atoms with van der Waals surface area (Å²) in [6.07, 6.45) is -14.2. The van der Waals surface area contributed by atoms with Gasteiger partial charge in [-0.1, -0.05) is 0 Å². The second-order valence-corrected chi connectivity index (χ2v) is 3.21. The molecule has 0 amide bonds. The lowest BCUT2D eigenvalue weighted by atomic mass is 9.82. The van der Waals surface area contributed by atoms with Crippen molar-refractivity contribution in [2.24, 2.45) is 5.41 Å². The van der Waals surface area contributed by atoms with Crippen molar-refractivity contribution < 1.29 is 26.3 Å².